The molecule has 24 heavy (non-hydrogen) atoms. The Balaban J connectivity index is 0.000000363. The van der Waals surface area contributed by atoms with E-state index in [4.69, 9.17) is 0 Å². The molecule has 0 spiro atoms. The molecule has 0 fully saturated rings. The van der Waals surface area contributed by atoms with E-state index in [9.17, 15) is 0 Å². The summed E-state index contributed by atoms with van der Waals surface area (Å²) in [6, 6.07) is 13.5. The average molecular weight is 420 g/mol. The number of hydrogen-bond acceptors (Lipinski definition) is 0. The van der Waals surface area contributed by atoms with Crippen LogP contribution in [0.1, 0.15) is 75.6 Å². The van der Waals surface area contributed by atoms with Crippen molar-refractivity contribution in [2.24, 2.45) is 0 Å². The van der Waals surface area contributed by atoms with Crippen molar-refractivity contribution in [1.82, 2.24) is 0 Å². The van der Waals surface area contributed by atoms with Crippen molar-refractivity contribution < 1.29 is 23.3 Å². The van der Waals surface area contributed by atoms with Crippen LogP contribution in [0.15, 0.2) is 36.4 Å². The minimum absolute atomic E-state index is 0.210. The Hall–Kier alpha value is -0.200. The fourth-order valence-electron chi connectivity index (χ4n) is 2.19. The molecule has 0 radical (unpaired) electrons. The van der Waals surface area contributed by atoms with Crippen molar-refractivity contribution in [1.29, 1.82) is 0 Å². The summed E-state index contributed by atoms with van der Waals surface area (Å²) in [5.74, 6) is 1.36. The van der Waals surface area contributed by atoms with Crippen molar-refractivity contribution in [2.45, 2.75) is 79.3 Å². The van der Waals surface area contributed by atoms with E-state index < -0.39 is 0 Å². The van der Waals surface area contributed by atoms with Crippen LogP contribution in [0, 0.1) is 0 Å². The summed E-state index contributed by atoms with van der Waals surface area (Å²) in [6.07, 6.45) is 2.32. The number of aryl methyl sites for hydroxylation is 2. The molecule has 0 nitrogen and oxygen atoms in total. The third-order valence-corrected chi connectivity index (χ3v) is 3.83. The van der Waals surface area contributed by atoms with Gasteiger partial charge in [-0.1, -0.05) is 54.4 Å². The molecule has 2 heteroatoms. The second-order valence-corrected chi connectivity index (χ2v) is 16.5. The molecule has 2 rings (SSSR count). The first kappa shape index (κ1) is 23.8. The van der Waals surface area contributed by atoms with Crippen molar-refractivity contribution in [3.05, 3.63) is 58.7 Å². The van der Waals surface area contributed by atoms with Crippen molar-refractivity contribution in [2.75, 3.05) is 0 Å². The second kappa shape index (κ2) is 13.1. The molecule has 0 bridgehead atoms. The zero-order chi connectivity index (χ0) is 18.7. The predicted octanol–water partition coefficient (Wildman–Crippen LogP) is 6.97. The van der Waals surface area contributed by atoms with Crippen LogP contribution in [-0.2, 0) is 36.2 Å². The van der Waals surface area contributed by atoms with Gasteiger partial charge >= 0.3 is 41.9 Å². The van der Waals surface area contributed by atoms with E-state index in [2.05, 4.69) is 91.0 Å². The molecule has 0 aliphatic heterocycles. The summed E-state index contributed by atoms with van der Waals surface area (Å²) in [4.78, 5) is 0. The fraction of sp³-hybridized carbons (Fsp3) is 0.545. The molecule has 0 amide bonds. The third-order valence-electron chi connectivity index (χ3n) is 3.83. The minimum atomic E-state index is 0.210. The molecule has 132 valence electrons. The first-order chi connectivity index (χ1) is 11.2. The van der Waals surface area contributed by atoms with Gasteiger partial charge in [0.2, 0.25) is 0 Å². The zero-order valence-electron chi connectivity index (χ0n) is 17.0. The van der Waals surface area contributed by atoms with E-state index in [-0.39, 0.29) is 5.43 Å². The van der Waals surface area contributed by atoms with Gasteiger partial charge < -0.3 is 0 Å². The molecule has 0 saturated carbocycles. The Morgan fingerprint density at radius 1 is 0.833 bits per heavy atom. The van der Waals surface area contributed by atoms with E-state index >= 15 is 0 Å². The summed E-state index contributed by atoms with van der Waals surface area (Å²) in [5.41, 5.74) is 6.07. The zero-order valence-corrected chi connectivity index (χ0v) is 20.5. The SMILES string of the molecule is CCc1c[cH-]c(C(C)C)c1.CCc1c[cH-]c(C(C)C)c1.C[Si](C)=[Zr+2]. The maximum absolute atomic E-state index is 2.31. The van der Waals surface area contributed by atoms with Crippen LogP contribution in [0.25, 0.3) is 0 Å². The van der Waals surface area contributed by atoms with Gasteiger partial charge in [0, 0.05) is 0 Å². The molecule has 0 saturated heterocycles. The Bertz CT molecular complexity index is 522. The van der Waals surface area contributed by atoms with Crippen LogP contribution < -0.4 is 0 Å². The van der Waals surface area contributed by atoms with E-state index in [1.807, 2.05) is 0 Å². The van der Waals surface area contributed by atoms with Crippen LogP contribution in [0.4, 0.5) is 0 Å². The number of rotatable bonds is 4. The quantitative estimate of drug-likeness (QED) is 0.371. The molecule has 2 aromatic carbocycles. The third kappa shape index (κ3) is 10.6. The summed E-state index contributed by atoms with van der Waals surface area (Å²) >= 11 is 1.74. The Morgan fingerprint density at radius 2 is 1.12 bits per heavy atom. The van der Waals surface area contributed by atoms with Gasteiger partial charge in [-0.2, -0.15) is 46.5 Å². The molecule has 0 N–H and O–H groups in total. The van der Waals surface area contributed by atoms with E-state index in [1.54, 1.807) is 23.3 Å². The summed E-state index contributed by atoms with van der Waals surface area (Å²) in [6.45, 7) is 17.9. The molecular weight excluding hydrogens is 384 g/mol. The molecule has 0 atom stereocenters. The van der Waals surface area contributed by atoms with Crippen LogP contribution >= 0.6 is 0 Å². The molecule has 0 aromatic heterocycles. The maximum atomic E-state index is 2.31. The van der Waals surface area contributed by atoms with Gasteiger partial charge in [-0.25, -0.2) is 12.1 Å². The van der Waals surface area contributed by atoms with E-state index in [1.165, 1.54) is 22.3 Å². The van der Waals surface area contributed by atoms with Crippen LogP contribution in [0.2, 0.25) is 13.1 Å². The first-order valence-electron chi connectivity index (χ1n) is 9.23. The second-order valence-electron chi connectivity index (χ2n) is 7.12. The summed E-state index contributed by atoms with van der Waals surface area (Å²) < 4.78 is 0. The topological polar surface area (TPSA) is 0 Å². The predicted molar refractivity (Wildman–Crippen MR) is 108 cm³/mol. The standard InChI is InChI=1S/2C10H15.C2H6Si.Zr/c2*1-4-9-5-6-10(7-9)8(2)3;1-3-2;/h2*5-8H,4H2,1-3H3;1-2H3;/q2*-1;;+2. The molecular formula is C22H36SiZr. The Kier molecular flexibility index (Phi) is 13.0. The van der Waals surface area contributed by atoms with Crippen molar-refractivity contribution in [3.8, 4) is 0 Å². The van der Waals surface area contributed by atoms with Crippen LogP contribution in [0.5, 0.6) is 0 Å². The van der Waals surface area contributed by atoms with Crippen molar-refractivity contribution >= 4 is 5.43 Å². The molecule has 0 heterocycles. The van der Waals surface area contributed by atoms with Crippen molar-refractivity contribution in [3.63, 3.8) is 0 Å². The number of hydrogen-bond donors (Lipinski definition) is 0. The Labute approximate surface area is 166 Å². The normalized spacial score (nSPS) is 10.2. The van der Waals surface area contributed by atoms with Gasteiger partial charge in [-0.05, 0) is 11.8 Å². The van der Waals surface area contributed by atoms with Gasteiger partial charge in [0.15, 0.2) is 0 Å². The molecule has 0 unspecified atom stereocenters. The van der Waals surface area contributed by atoms with Gasteiger partial charge in [-0.15, -0.1) is 0 Å². The average Bonchev–Trinajstić information content (AvgIpc) is 3.16. The van der Waals surface area contributed by atoms with E-state index in [0.717, 1.165) is 12.8 Å². The monoisotopic (exact) mass is 418 g/mol. The molecule has 2 aromatic rings. The van der Waals surface area contributed by atoms with E-state index in [0.29, 0.717) is 11.8 Å². The Morgan fingerprint density at radius 3 is 1.25 bits per heavy atom. The van der Waals surface area contributed by atoms with Gasteiger partial charge in [0.1, 0.15) is 0 Å². The molecule has 0 aliphatic rings. The van der Waals surface area contributed by atoms with Crippen LogP contribution in [-0.4, -0.2) is 5.43 Å². The fourth-order valence-corrected chi connectivity index (χ4v) is 2.19. The van der Waals surface area contributed by atoms with Gasteiger partial charge in [0.25, 0.3) is 0 Å². The summed E-state index contributed by atoms with van der Waals surface area (Å²) in [5, 5.41) is 0. The van der Waals surface area contributed by atoms with Gasteiger partial charge in [0.05, 0.1) is 0 Å². The first-order valence-corrected chi connectivity index (χ1v) is 15.4. The van der Waals surface area contributed by atoms with Gasteiger partial charge in [-0.3, -0.25) is 0 Å². The van der Waals surface area contributed by atoms with Crippen LogP contribution in [0.3, 0.4) is 0 Å². The summed E-state index contributed by atoms with van der Waals surface area (Å²) in [7, 11) is 0. The molecule has 0 aliphatic carbocycles.